The second-order valence-corrected chi connectivity index (χ2v) is 3.21. The molecule has 2 heterocycles. The van der Waals surface area contributed by atoms with Crippen LogP contribution < -0.4 is 5.73 Å². The van der Waals surface area contributed by atoms with Crippen LogP contribution >= 0.6 is 0 Å². The van der Waals surface area contributed by atoms with E-state index in [0.717, 1.165) is 16.9 Å². The average Bonchev–Trinajstić information content (AvgIpc) is 2.59. The second kappa shape index (κ2) is 3.77. The van der Waals surface area contributed by atoms with E-state index in [1.807, 2.05) is 28.9 Å². The number of nitrogens with two attached hydrogens (primary N) is 1. The van der Waals surface area contributed by atoms with Gasteiger partial charge >= 0.3 is 0 Å². The van der Waals surface area contributed by atoms with Crippen molar-refractivity contribution in [3.8, 4) is 0 Å². The highest BCUT2D eigenvalue weighted by Gasteiger charge is 2.00. The first-order chi connectivity index (χ1) is 6.83. The molecule has 14 heavy (non-hydrogen) atoms. The fourth-order valence-corrected chi connectivity index (χ4v) is 1.45. The molecule has 0 bridgehead atoms. The number of hydrogen-bond acceptors (Lipinski definition) is 3. The van der Waals surface area contributed by atoms with Crippen LogP contribution in [0.3, 0.4) is 0 Å². The van der Waals surface area contributed by atoms with Crippen molar-refractivity contribution in [2.45, 2.75) is 13.0 Å². The van der Waals surface area contributed by atoms with Crippen LogP contribution in [0.25, 0.3) is 5.65 Å². The van der Waals surface area contributed by atoms with Crippen LogP contribution in [-0.2, 0) is 13.0 Å². The van der Waals surface area contributed by atoms with Crippen LogP contribution in [-0.4, -0.2) is 21.1 Å². The molecule has 0 fully saturated rings. The predicted molar refractivity (Wildman–Crippen MR) is 53.9 cm³/mol. The fourth-order valence-electron chi connectivity index (χ4n) is 1.45. The molecule has 0 aliphatic carbocycles. The highest BCUT2D eigenvalue weighted by atomic mass is 16.3. The summed E-state index contributed by atoms with van der Waals surface area (Å²) in [5.74, 6) is 0. The Morgan fingerprint density at radius 2 is 2.21 bits per heavy atom. The van der Waals surface area contributed by atoms with E-state index < -0.39 is 0 Å². The Kier molecular flexibility index (Phi) is 2.47. The Morgan fingerprint density at radius 3 is 2.93 bits per heavy atom. The highest BCUT2D eigenvalue weighted by Crippen LogP contribution is 2.07. The molecule has 2 aromatic rings. The number of aliphatic hydroxyl groups is 1. The molecule has 0 aromatic carbocycles. The van der Waals surface area contributed by atoms with Crippen LogP contribution in [0.1, 0.15) is 11.3 Å². The first-order valence-corrected chi connectivity index (χ1v) is 4.61. The van der Waals surface area contributed by atoms with E-state index in [4.69, 9.17) is 10.8 Å². The Morgan fingerprint density at radius 1 is 1.36 bits per heavy atom. The third kappa shape index (κ3) is 1.62. The van der Waals surface area contributed by atoms with Crippen molar-refractivity contribution in [3.63, 3.8) is 0 Å². The number of rotatable bonds is 3. The van der Waals surface area contributed by atoms with Gasteiger partial charge in [-0.2, -0.15) is 0 Å². The summed E-state index contributed by atoms with van der Waals surface area (Å²) in [7, 11) is 0. The van der Waals surface area contributed by atoms with Crippen molar-refractivity contribution in [3.05, 3.63) is 35.8 Å². The van der Waals surface area contributed by atoms with Gasteiger partial charge in [0.2, 0.25) is 0 Å². The van der Waals surface area contributed by atoms with Gasteiger partial charge in [-0.25, -0.2) is 4.98 Å². The van der Waals surface area contributed by atoms with E-state index >= 15 is 0 Å². The zero-order valence-corrected chi connectivity index (χ0v) is 7.85. The molecule has 0 aliphatic rings. The molecule has 2 aromatic heterocycles. The van der Waals surface area contributed by atoms with Gasteiger partial charge in [0.25, 0.3) is 0 Å². The Bertz CT molecular complexity index is 436. The minimum Gasteiger partial charge on any atom is -0.396 e. The quantitative estimate of drug-likeness (QED) is 0.734. The lowest BCUT2D eigenvalue weighted by atomic mass is 10.3. The fraction of sp³-hybridized carbons (Fsp3) is 0.300. The highest BCUT2D eigenvalue weighted by molar-refractivity contribution is 5.41. The van der Waals surface area contributed by atoms with Gasteiger partial charge in [-0.15, -0.1) is 0 Å². The molecular weight excluding hydrogens is 178 g/mol. The first-order valence-electron chi connectivity index (χ1n) is 4.61. The number of hydrogen-bond donors (Lipinski definition) is 2. The SMILES string of the molecule is NCc1ccc2nc(CCO)cn2c1. The zero-order valence-electron chi connectivity index (χ0n) is 7.85. The number of pyridine rings is 1. The zero-order chi connectivity index (χ0) is 9.97. The number of aromatic nitrogens is 2. The Hall–Kier alpha value is -1.39. The molecule has 0 amide bonds. The molecule has 3 N–H and O–H groups in total. The summed E-state index contributed by atoms with van der Waals surface area (Å²) in [4.78, 5) is 4.34. The van der Waals surface area contributed by atoms with E-state index in [2.05, 4.69) is 4.98 Å². The van der Waals surface area contributed by atoms with Crippen molar-refractivity contribution >= 4 is 5.65 Å². The topological polar surface area (TPSA) is 63.5 Å². The number of imidazole rings is 1. The van der Waals surface area contributed by atoms with Gasteiger partial charge < -0.3 is 15.2 Å². The molecule has 0 atom stereocenters. The Balaban J connectivity index is 2.43. The summed E-state index contributed by atoms with van der Waals surface area (Å²) >= 11 is 0. The van der Waals surface area contributed by atoms with Crippen LogP contribution in [0.2, 0.25) is 0 Å². The van der Waals surface area contributed by atoms with Crippen molar-refractivity contribution in [2.75, 3.05) is 6.61 Å². The summed E-state index contributed by atoms with van der Waals surface area (Å²) in [6.07, 6.45) is 4.48. The molecule has 0 unspecified atom stereocenters. The maximum atomic E-state index is 8.78. The molecule has 0 saturated carbocycles. The van der Waals surface area contributed by atoms with E-state index in [1.165, 1.54) is 0 Å². The number of fused-ring (bicyclic) bond motifs is 1. The molecule has 0 aliphatic heterocycles. The molecular formula is C10H13N3O. The maximum Gasteiger partial charge on any atom is 0.136 e. The minimum absolute atomic E-state index is 0.133. The van der Waals surface area contributed by atoms with Crippen molar-refractivity contribution in [2.24, 2.45) is 5.73 Å². The number of aliphatic hydroxyl groups excluding tert-OH is 1. The predicted octanol–water partition coefficient (Wildman–Crippen LogP) is 0.328. The van der Waals surface area contributed by atoms with Gasteiger partial charge in [-0.3, -0.25) is 0 Å². The summed E-state index contributed by atoms with van der Waals surface area (Å²) < 4.78 is 1.94. The lowest BCUT2D eigenvalue weighted by Gasteiger charge is -1.96. The summed E-state index contributed by atoms with van der Waals surface area (Å²) in [6, 6.07) is 3.90. The van der Waals surface area contributed by atoms with Gasteiger partial charge in [0.15, 0.2) is 0 Å². The summed E-state index contributed by atoms with van der Waals surface area (Å²) in [5, 5.41) is 8.78. The van der Waals surface area contributed by atoms with Crippen LogP contribution in [0, 0.1) is 0 Å². The maximum absolute atomic E-state index is 8.78. The Labute approximate surface area is 82.0 Å². The van der Waals surface area contributed by atoms with Crippen LogP contribution in [0.15, 0.2) is 24.5 Å². The van der Waals surface area contributed by atoms with Crippen LogP contribution in [0.4, 0.5) is 0 Å². The van der Waals surface area contributed by atoms with E-state index in [1.54, 1.807) is 0 Å². The van der Waals surface area contributed by atoms with Gasteiger partial charge in [-0.05, 0) is 11.6 Å². The lowest BCUT2D eigenvalue weighted by Crippen LogP contribution is -1.97. The minimum atomic E-state index is 0.133. The molecule has 0 spiro atoms. The molecule has 0 radical (unpaired) electrons. The van der Waals surface area contributed by atoms with E-state index in [-0.39, 0.29) is 6.61 Å². The van der Waals surface area contributed by atoms with Gasteiger partial charge in [0.05, 0.1) is 5.69 Å². The third-order valence-electron chi connectivity index (χ3n) is 2.17. The molecule has 0 saturated heterocycles. The lowest BCUT2D eigenvalue weighted by molar-refractivity contribution is 0.298. The molecule has 4 heteroatoms. The standard InChI is InChI=1S/C10H13N3O/c11-5-8-1-2-10-12-9(3-4-14)7-13(10)6-8/h1-2,6-7,14H,3-5,11H2. The first kappa shape index (κ1) is 9.18. The largest absolute Gasteiger partial charge is 0.396 e. The van der Waals surface area contributed by atoms with Gasteiger partial charge in [-0.1, -0.05) is 6.07 Å². The number of nitrogens with zero attached hydrogens (tertiary/aromatic N) is 2. The van der Waals surface area contributed by atoms with Crippen molar-refractivity contribution < 1.29 is 5.11 Å². The smallest absolute Gasteiger partial charge is 0.136 e. The monoisotopic (exact) mass is 191 g/mol. The molecule has 4 nitrogen and oxygen atoms in total. The van der Waals surface area contributed by atoms with Crippen molar-refractivity contribution in [1.29, 1.82) is 0 Å². The summed E-state index contributed by atoms with van der Waals surface area (Å²) in [5.41, 5.74) is 8.41. The third-order valence-corrected chi connectivity index (χ3v) is 2.17. The van der Waals surface area contributed by atoms with Crippen LogP contribution in [0.5, 0.6) is 0 Å². The van der Waals surface area contributed by atoms with Gasteiger partial charge in [0.1, 0.15) is 5.65 Å². The van der Waals surface area contributed by atoms with E-state index in [9.17, 15) is 0 Å². The van der Waals surface area contributed by atoms with E-state index in [0.29, 0.717) is 13.0 Å². The molecule has 2 rings (SSSR count). The normalized spacial score (nSPS) is 11.0. The molecule has 74 valence electrons. The second-order valence-electron chi connectivity index (χ2n) is 3.21. The average molecular weight is 191 g/mol. The summed E-state index contributed by atoms with van der Waals surface area (Å²) in [6.45, 7) is 0.664. The van der Waals surface area contributed by atoms with Crippen molar-refractivity contribution in [1.82, 2.24) is 9.38 Å². The van der Waals surface area contributed by atoms with Gasteiger partial charge in [0, 0.05) is 32.0 Å².